The molecule has 3 aromatic rings. The Bertz CT molecular complexity index is 886. The molecule has 0 radical (unpaired) electrons. The van der Waals surface area contributed by atoms with Crippen molar-refractivity contribution < 1.29 is 13.9 Å². The van der Waals surface area contributed by atoms with E-state index in [-0.39, 0.29) is 18.3 Å². The van der Waals surface area contributed by atoms with Gasteiger partial charge in [-0.15, -0.1) is 0 Å². The molecule has 4 nitrogen and oxygen atoms in total. The molecule has 0 atom stereocenters. The van der Waals surface area contributed by atoms with Crippen LogP contribution in [-0.2, 0) is 11.2 Å². The molecule has 0 saturated carbocycles. The summed E-state index contributed by atoms with van der Waals surface area (Å²) in [6.45, 7) is -0.164. The number of aromatic nitrogens is 1. The van der Waals surface area contributed by atoms with E-state index in [1.54, 1.807) is 12.4 Å². The standard InChI is InChI=1S/C20H16BrFN2O2/c21-18-12-16(22)3-6-19(18)26-13-20(25)24-17-4-1-14(2-5-17)11-15-7-9-23-10-8-15/h1-10,12H,11,13H2,(H,24,25). The number of nitrogens with zero attached hydrogens (tertiary/aromatic N) is 1. The van der Waals surface area contributed by atoms with Crippen molar-refractivity contribution in [1.29, 1.82) is 0 Å². The summed E-state index contributed by atoms with van der Waals surface area (Å²) in [6, 6.07) is 15.6. The molecule has 26 heavy (non-hydrogen) atoms. The third-order valence-electron chi connectivity index (χ3n) is 3.65. The Balaban J connectivity index is 1.52. The van der Waals surface area contributed by atoms with Gasteiger partial charge < -0.3 is 10.1 Å². The average molecular weight is 415 g/mol. The Labute approximate surface area is 159 Å². The minimum Gasteiger partial charge on any atom is -0.483 e. The fourth-order valence-electron chi connectivity index (χ4n) is 2.37. The van der Waals surface area contributed by atoms with E-state index in [4.69, 9.17) is 4.74 Å². The molecule has 1 N–H and O–H groups in total. The van der Waals surface area contributed by atoms with Crippen LogP contribution in [0.4, 0.5) is 10.1 Å². The van der Waals surface area contributed by atoms with Crippen molar-refractivity contribution in [2.45, 2.75) is 6.42 Å². The number of pyridine rings is 1. The minimum absolute atomic E-state index is 0.164. The van der Waals surface area contributed by atoms with E-state index < -0.39 is 0 Å². The molecule has 0 fully saturated rings. The number of carbonyl (C=O) groups excluding carboxylic acids is 1. The largest absolute Gasteiger partial charge is 0.483 e. The van der Waals surface area contributed by atoms with Gasteiger partial charge in [0.2, 0.25) is 0 Å². The number of amides is 1. The lowest BCUT2D eigenvalue weighted by atomic mass is 10.1. The lowest BCUT2D eigenvalue weighted by Gasteiger charge is -2.09. The highest BCUT2D eigenvalue weighted by atomic mass is 79.9. The average Bonchev–Trinajstić information content (AvgIpc) is 2.63. The van der Waals surface area contributed by atoms with Crippen LogP contribution in [-0.4, -0.2) is 17.5 Å². The molecule has 132 valence electrons. The number of anilines is 1. The summed E-state index contributed by atoms with van der Waals surface area (Å²) < 4.78 is 18.9. The molecule has 0 aliphatic carbocycles. The Hall–Kier alpha value is -2.73. The topological polar surface area (TPSA) is 51.2 Å². The SMILES string of the molecule is O=C(COc1ccc(F)cc1Br)Nc1ccc(Cc2ccncc2)cc1. The van der Waals surface area contributed by atoms with Crippen LogP contribution in [0.3, 0.4) is 0 Å². The zero-order valence-corrected chi connectivity index (χ0v) is 15.4. The highest BCUT2D eigenvalue weighted by Gasteiger charge is 2.07. The third kappa shape index (κ3) is 5.13. The van der Waals surface area contributed by atoms with E-state index in [1.807, 2.05) is 36.4 Å². The molecule has 0 bridgehead atoms. The van der Waals surface area contributed by atoms with Crippen molar-refractivity contribution in [2.75, 3.05) is 11.9 Å². The van der Waals surface area contributed by atoms with Crippen LogP contribution in [0.1, 0.15) is 11.1 Å². The van der Waals surface area contributed by atoms with Gasteiger partial charge in [-0.25, -0.2) is 4.39 Å². The van der Waals surface area contributed by atoms with Crippen LogP contribution < -0.4 is 10.1 Å². The highest BCUT2D eigenvalue weighted by molar-refractivity contribution is 9.10. The molecule has 2 aromatic carbocycles. The van der Waals surface area contributed by atoms with Crippen LogP contribution in [0.5, 0.6) is 5.75 Å². The smallest absolute Gasteiger partial charge is 0.262 e. The maximum absolute atomic E-state index is 13.0. The van der Waals surface area contributed by atoms with Crippen LogP contribution >= 0.6 is 15.9 Å². The number of carbonyl (C=O) groups is 1. The summed E-state index contributed by atoms with van der Waals surface area (Å²) in [5, 5.41) is 2.77. The number of hydrogen-bond acceptors (Lipinski definition) is 3. The summed E-state index contributed by atoms with van der Waals surface area (Å²) in [7, 11) is 0. The summed E-state index contributed by atoms with van der Waals surface area (Å²) in [6.07, 6.45) is 4.34. The van der Waals surface area contributed by atoms with E-state index in [2.05, 4.69) is 26.2 Å². The quantitative estimate of drug-likeness (QED) is 0.641. The predicted molar refractivity (Wildman–Crippen MR) is 102 cm³/mol. The highest BCUT2D eigenvalue weighted by Crippen LogP contribution is 2.25. The second kappa shape index (κ2) is 8.58. The van der Waals surface area contributed by atoms with Crippen molar-refractivity contribution in [2.24, 2.45) is 0 Å². The minimum atomic E-state index is -0.375. The van der Waals surface area contributed by atoms with Gasteiger partial charge in [-0.1, -0.05) is 12.1 Å². The van der Waals surface area contributed by atoms with E-state index in [0.717, 1.165) is 12.0 Å². The zero-order valence-electron chi connectivity index (χ0n) is 13.8. The van der Waals surface area contributed by atoms with Crippen LogP contribution in [0, 0.1) is 5.82 Å². The summed E-state index contributed by atoms with van der Waals surface area (Å²) in [5.41, 5.74) is 3.01. The fourth-order valence-corrected chi connectivity index (χ4v) is 2.84. The first-order valence-corrected chi connectivity index (χ1v) is 8.75. The second-order valence-corrected chi connectivity index (χ2v) is 6.50. The first-order valence-electron chi connectivity index (χ1n) is 7.96. The molecule has 0 spiro atoms. The summed E-state index contributed by atoms with van der Waals surface area (Å²) in [4.78, 5) is 16.0. The van der Waals surface area contributed by atoms with Gasteiger partial charge in [0, 0.05) is 18.1 Å². The number of hydrogen-bond donors (Lipinski definition) is 1. The van der Waals surface area contributed by atoms with Gasteiger partial charge in [-0.3, -0.25) is 9.78 Å². The Morgan fingerprint density at radius 2 is 1.73 bits per heavy atom. The third-order valence-corrected chi connectivity index (χ3v) is 4.27. The number of benzene rings is 2. The van der Waals surface area contributed by atoms with Gasteiger partial charge in [-0.05, 0) is 75.9 Å². The summed E-state index contributed by atoms with van der Waals surface area (Å²) in [5.74, 6) is -0.252. The zero-order chi connectivity index (χ0) is 18.4. The number of ether oxygens (including phenoxy) is 1. The van der Waals surface area contributed by atoms with Crippen LogP contribution in [0.2, 0.25) is 0 Å². The van der Waals surface area contributed by atoms with E-state index in [0.29, 0.717) is 15.9 Å². The monoisotopic (exact) mass is 414 g/mol. The number of halogens is 2. The molecule has 0 unspecified atom stereocenters. The van der Waals surface area contributed by atoms with Crippen LogP contribution in [0.25, 0.3) is 0 Å². The lowest BCUT2D eigenvalue weighted by Crippen LogP contribution is -2.20. The number of nitrogens with one attached hydrogen (secondary N) is 1. The fraction of sp³-hybridized carbons (Fsp3) is 0.100. The van der Waals surface area contributed by atoms with Gasteiger partial charge >= 0.3 is 0 Å². The molecule has 0 aliphatic heterocycles. The van der Waals surface area contributed by atoms with E-state index >= 15 is 0 Å². The molecule has 1 heterocycles. The van der Waals surface area contributed by atoms with Crippen LogP contribution in [0.15, 0.2) is 71.5 Å². The van der Waals surface area contributed by atoms with Gasteiger partial charge in [-0.2, -0.15) is 0 Å². The Morgan fingerprint density at radius 3 is 2.42 bits per heavy atom. The van der Waals surface area contributed by atoms with Crippen molar-refractivity contribution >= 4 is 27.5 Å². The van der Waals surface area contributed by atoms with Gasteiger partial charge in [0.1, 0.15) is 11.6 Å². The van der Waals surface area contributed by atoms with Crippen molar-refractivity contribution in [3.05, 3.63) is 88.4 Å². The molecule has 0 aliphatic rings. The summed E-state index contributed by atoms with van der Waals surface area (Å²) >= 11 is 3.20. The van der Waals surface area contributed by atoms with Gasteiger partial charge in [0.15, 0.2) is 6.61 Å². The maximum atomic E-state index is 13.0. The Morgan fingerprint density at radius 1 is 1.04 bits per heavy atom. The number of rotatable bonds is 6. The van der Waals surface area contributed by atoms with Crippen molar-refractivity contribution in [3.8, 4) is 5.75 Å². The molecule has 1 aromatic heterocycles. The van der Waals surface area contributed by atoms with Gasteiger partial charge in [0.25, 0.3) is 5.91 Å². The molecule has 0 saturated heterocycles. The van der Waals surface area contributed by atoms with Gasteiger partial charge in [0.05, 0.1) is 4.47 Å². The molecule has 3 rings (SSSR count). The maximum Gasteiger partial charge on any atom is 0.262 e. The first-order chi connectivity index (χ1) is 12.6. The second-order valence-electron chi connectivity index (χ2n) is 5.64. The molecule has 6 heteroatoms. The Kier molecular flexibility index (Phi) is 5.96. The predicted octanol–water partition coefficient (Wildman–Crippen LogP) is 4.59. The first kappa shape index (κ1) is 18.1. The molecule has 1 amide bonds. The normalized spacial score (nSPS) is 10.4. The molecular weight excluding hydrogens is 399 g/mol. The lowest BCUT2D eigenvalue weighted by molar-refractivity contribution is -0.118. The molecular formula is C20H16BrFN2O2. The van der Waals surface area contributed by atoms with E-state index in [1.165, 1.54) is 23.8 Å². The van der Waals surface area contributed by atoms with Crippen molar-refractivity contribution in [3.63, 3.8) is 0 Å². The van der Waals surface area contributed by atoms with Crippen molar-refractivity contribution in [1.82, 2.24) is 4.98 Å². The van der Waals surface area contributed by atoms with E-state index in [9.17, 15) is 9.18 Å².